The van der Waals surface area contributed by atoms with Gasteiger partial charge in [-0.3, -0.25) is 9.59 Å². The van der Waals surface area contributed by atoms with Gasteiger partial charge in [-0.05, 0) is 46.1 Å². The molecule has 0 aromatic heterocycles. The second-order valence-corrected chi connectivity index (χ2v) is 6.74. The largest absolute Gasteiger partial charge is 0.481 e. The lowest BCUT2D eigenvalue weighted by molar-refractivity contribution is -0.147. The van der Waals surface area contributed by atoms with Gasteiger partial charge in [0.1, 0.15) is 0 Å². The third-order valence-corrected chi connectivity index (χ3v) is 5.30. The second kappa shape index (κ2) is 7.27. The van der Waals surface area contributed by atoms with Crippen LogP contribution in [0.25, 0.3) is 0 Å². The Kier molecular flexibility index (Phi) is 5.62. The van der Waals surface area contributed by atoms with Crippen LogP contribution in [0.5, 0.6) is 0 Å². The van der Waals surface area contributed by atoms with Crippen molar-refractivity contribution >= 4 is 11.9 Å². The number of amides is 1. The summed E-state index contributed by atoms with van der Waals surface area (Å²) in [6.07, 6.45) is 2.98. The predicted octanol–water partition coefficient (Wildman–Crippen LogP) is 2.03. The van der Waals surface area contributed by atoms with Gasteiger partial charge < -0.3 is 15.3 Å². The first kappa shape index (κ1) is 17.0. The Labute approximate surface area is 132 Å². The van der Waals surface area contributed by atoms with E-state index in [1.54, 1.807) is 0 Å². The zero-order valence-electron chi connectivity index (χ0n) is 13.9. The molecule has 0 unspecified atom stereocenters. The molecule has 0 aromatic carbocycles. The molecule has 1 fully saturated rings. The lowest BCUT2D eigenvalue weighted by atomic mass is 9.76. The van der Waals surface area contributed by atoms with Crippen molar-refractivity contribution in [3.8, 4) is 0 Å². The van der Waals surface area contributed by atoms with Crippen LogP contribution in [0.1, 0.15) is 46.5 Å². The van der Waals surface area contributed by atoms with Gasteiger partial charge in [0, 0.05) is 19.1 Å². The normalized spacial score (nSPS) is 27.8. The SMILES string of the molecule is CCN1CCC(NC(=O)[C@H]2CC(C)=C(C)C[C@@H]2C(=O)O)CC1. The molecular weight excluding hydrogens is 280 g/mol. The molecule has 2 atom stereocenters. The quantitative estimate of drug-likeness (QED) is 0.780. The highest BCUT2D eigenvalue weighted by Gasteiger charge is 2.38. The van der Waals surface area contributed by atoms with Crippen LogP contribution in [0.15, 0.2) is 11.1 Å². The van der Waals surface area contributed by atoms with E-state index in [9.17, 15) is 14.7 Å². The highest BCUT2D eigenvalue weighted by atomic mass is 16.4. The standard InChI is InChI=1S/C17H28N2O3/c1-4-19-7-5-13(6-8-19)18-16(20)14-9-11(2)12(3)10-15(14)17(21)22/h13-15H,4-10H2,1-3H3,(H,18,20)(H,21,22)/t14-,15-/m0/s1. The number of carbonyl (C=O) groups excluding carboxylic acids is 1. The summed E-state index contributed by atoms with van der Waals surface area (Å²) >= 11 is 0. The minimum atomic E-state index is -0.854. The number of carboxylic acid groups (broad SMARTS) is 1. The van der Waals surface area contributed by atoms with Crippen LogP contribution < -0.4 is 5.32 Å². The van der Waals surface area contributed by atoms with Crippen molar-refractivity contribution in [2.75, 3.05) is 19.6 Å². The predicted molar refractivity (Wildman–Crippen MR) is 85.5 cm³/mol. The lowest BCUT2D eigenvalue weighted by Gasteiger charge is -2.34. The average Bonchev–Trinajstić information content (AvgIpc) is 2.50. The summed E-state index contributed by atoms with van der Waals surface area (Å²) in [5, 5.41) is 12.5. The molecule has 2 N–H and O–H groups in total. The molecule has 22 heavy (non-hydrogen) atoms. The molecule has 0 saturated carbocycles. The number of likely N-dealkylation sites (tertiary alicyclic amines) is 1. The van der Waals surface area contributed by atoms with Crippen molar-refractivity contribution in [1.29, 1.82) is 0 Å². The topological polar surface area (TPSA) is 69.6 Å². The van der Waals surface area contributed by atoms with E-state index in [1.807, 2.05) is 13.8 Å². The van der Waals surface area contributed by atoms with Crippen molar-refractivity contribution in [2.24, 2.45) is 11.8 Å². The summed E-state index contributed by atoms with van der Waals surface area (Å²) in [6, 6.07) is 0.192. The smallest absolute Gasteiger partial charge is 0.307 e. The molecule has 1 heterocycles. The van der Waals surface area contributed by atoms with E-state index >= 15 is 0 Å². The van der Waals surface area contributed by atoms with Crippen LogP contribution in [0.3, 0.4) is 0 Å². The number of rotatable bonds is 4. The number of piperidine rings is 1. The third-order valence-electron chi connectivity index (χ3n) is 5.30. The molecule has 2 aliphatic rings. The number of carboxylic acids is 1. The van der Waals surface area contributed by atoms with E-state index in [0.717, 1.165) is 38.0 Å². The van der Waals surface area contributed by atoms with E-state index in [0.29, 0.717) is 12.8 Å². The molecule has 1 amide bonds. The van der Waals surface area contributed by atoms with E-state index in [1.165, 1.54) is 5.57 Å². The number of nitrogens with one attached hydrogen (secondary N) is 1. The van der Waals surface area contributed by atoms with Gasteiger partial charge in [0.25, 0.3) is 0 Å². The lowest BCUT2D eigenvalue weighted by Crippen LogP contribution is -2.48. The molecule has 2 rings (SSSR count). The number of nitrogens with zero attached hydrogens (tertiary/aromatic N) is 1. The van der Waals surface area contributed by atoms with Crippen LogP contribution in [-0.2, 0) is 9.59 Å². The molecule has 0 radical (unpaired) electrons. The third kappa shape index (κ3) is 3.88. The van der Waals surface area contributed by atoms with E-state index in [2.05, 4.69) is 17.1 Å². The Balaban J connectivity index is 1.97. The first-order valence-corrected chi connectivity index (χ1v) is 8.33. The Morgan fingerprint density at radius 1 is 1.14 bits per heavy atom. The fourth-order valence-electron chi connectivity index (χ4n) is 3.53. The molecular formula is C17H28N2O3. The maximum Gasteiger partial charge on any atom is 0.307 e. The molecule has 0 spiro atoms. The van der Waals surface area contributed by atoms with Crippen molar-refractivity contribution in [1.82, 2.24) is 10.2 Å². The van der Waals surface area contributed by atoms with Gasteiger partial charge in [-0.25, -0.2) is 0 Å². The Morgan fingerprint density at radius 2 is 1.68 bits per heavy atom. The fraction of sp³-hybridized carbons (Fsp3) is 0.765. The summed E-state index contributed by atoms with van der Waals surface area (Å²) in [5.74, 6) is -1.94. The van der Waals surface area contributed by atoms with E-state index < -0.39 is 17.8 Å². The Hall–Kier alpha value is -1.36. The van der Waals surface area contributed by atoms with E-state index in [4.69, 9.17) is 0 Å². The first-order chi connectivity index (χ1) is 10.4. The van der Waals surface area contributed by atoms with Gasteiger partial charge in [0.2, 0.25) is 5.91 Å². The minimum absolute atomic E-state index is 0.0748. The summed E-state index contributed by atoms with van der Waals surface area (Å²) in [5.41, 5.74) is 2.28. The van der Waals surface area contributed by atoms with Crippen molar-refractivity contribution in [3.05, 3.63) is 11.1 Å². The second-order valence-electron chi connectivity index (χ2n) is 6.74. The van der Waals surface area contributed by atoms with Crippen LogP contribution in [0.2, 0.25) is 0 Å². The number of carbonyl (C=O) groups is 2. The molecule has 1 aliphatic carbocycles. The van der Waals surface area contributed by atoms with Gasteiger partial charge in [-0.2, -0.15) is 0 Å². The van der Waals surface area contributed by atoms with Crippen LogP contribution >= 0.6 is 0 Å². The van der Waals surface area contributed by atoms with Crippen LogP contribution in [0, 0.1) is 11.8 Å². The zero-order chi connectivity index (χ0) is 16.3. The maximum atomic E-state index is 12.6. The van der Waals surface area contributed by atoms with Crippen molar-refractivity contribution in [3.63, 3.8) is 0 Å². The molecule has 5 heteroatoms. The van der Waals surface area contributed by atoms with Gasteiger partial charge in [-0.1, -0.05) is 18.1 Å². The summed E-state index contributed by atoms with van der Waals surface area (Å²) in [7, 11) is 0. The molecule has 1 aliphatic heterocycles. The molecule has 0 aromatic rings. The van der Waals surface area contributed by atoms with Gasteiger partial charge in [-0.15, -0.1) is 0 Å². The zero-order valence-corrected chi connectivity index (χ0v) is 13.9. The maximum absolute atomic E-state index is 12.6. The number of hydrogen-bond donors (Lipinski definition) is 2. The fourth-order valence-corrected chi connectivity index (χ4v) is 3.53. The average molecular weight is 308 g/mol. The van der Waals surface area contributed by atoms with Gasteiger partial charge >= 0.3 is 5.97 Å². The Bertz CT molecular complexity index is 465. The van der Waals surface area contributed by atoms with Gasteiger partial charge in [0.15, 0.2) is 0 Å². The van der Waals surface area contributed by atoms with E-state index in [-0.39, 0.29) is 11.9 Å². The molecule has 124 valence electrons. The first-order valence-electron chi connectivity index (χ1n) is 8.33. The molecule has 5 nitrogen and oxygen atoms in total. The molecule has 1 saturated heterocycles. The Morgan fingerprint density at radius 3 is 2.18 bits per heavy atom. The number of aliphatic carboxylic acids is 1. The highest BCUT2D eigenvalue weighted by molar-refractivity contribution is 5.85. The highest BCUT2D eigenvalue weighted by Crippen LogP contribution is 2.34. The minimum Gasteiger partial charge on any atom is -0.481 e. The summed E-state index contributed by atoms with van der Waals surface area (Å²) in [4.78, 5) is 26.4. The summed E-state index contributed by atoms with van der Waals surface area (Å²) in [6.45, 7) is 9.19. The van der Waals surface area contributed by atoms with Crippen molar-refractivity contribution < 1.29 is 14.7 Å². The van der Waals surface area contributed by atoms with Gasteiger partial charge in [0.05, 0.1) is 11.8 Å². The van der Waals surface area contributed by atoms with Crippen molar-refractivity contribution in [2.45, 2.75) is 52.5 Å². The monoisotopic (exact) mass is 308 g/mol. The number of allylic oxidation sites excluding steroid dienone is 2. The molecule has 0 bridgehead atoms. The van der Waals surface area contributed by atoms with Crippen LogP contribution in [0.4, 0.5) is 0 Å². The van der Waals surface area contributed by atoms with Crippen LogP contribution in [-0.4, -0.2) is 47.6 Å². The summed E-state index contributed by atoms with van der Waals surface area (Å²) < 4.78 is 0. The number of hydrogen-bond acceptors (Lipinski definition) is 3.